The van der Waals surface area contributed by atoms with Crippen LogP contribution in [0, 0.1) is 0 Å². The maximum absolute atomic E-state index is 5.07. The number of ether oxygens (including phenoxy) is 1. The minimum absolute atomic E-state index is 0.694. The van der Waals surface area contributed by atoms with Gasteiger partial charge in [0.1, 0.15) is 0 Å². The van der Waals surface area contributed by atoms with Crippen molar-refractivity contribution in [3.05, 3.63) is 35.9 Å². The molecule has 0 heterocycles. The lowest BCUT2D eigenvalue weighted by molar-refractivity contribution is 0.180. The van der Waals surface area contributed by atoms with Gasteiger partial charge in [0, 0.05) is 39.9 Å². The van der Waals surface area contributed by atoms with Gasteiger partial charge in [-0.3, -0.25) is 0 Å². The summed E-state index contributed by atoms with van der Waals surface area (Å²) in [7, 11) is 3.87. The molecule has 124 valence electrons. The van der Waals surface area contributed by atoms with E-state index in [-0.39, 0.29) is 0 Å². The normalized spacial score (nSPS) is 11.7. The second-order valence-corrected chi connectivity index (χ2v) is 5.26. The molecule has 1 aromatic rings. The maximum Gasteiger partial charge on any atom is 0.191 e. The van der Waals surface area contributed by atoms with Crippen LogP contribution >= 0.6 is 0 Å². The molecule has 0 saturated carbocycles. The van der Waals surface area contributed by atoms with Crippen LogP contribution < -0.4 is 10.6 Å². The van der Waals surface area contributed by atoms with Gasteiger partial charge in [0.05, 0.1) is 6.54 Å². The molecule has 0 radical (unpaired) electrons. The number of hydrogen-bond acceptors (Lipinski definition) is 3. The highest BCUT2D eigenvalue weighted by atomic mass is 16.5. The second kappa shape index (κ2) is 12.0. The molecule has 0 bridgehead atoms. The minimum atomic E-state index is 0.694. The zero-order chi connectivity index (χ0) is 16.0. The Bertz CT molecular complexity index is 408. The molecule has 0 spiro atoms. The van der Waals surface area contributed by atoms with E-state index in [9.17, 15) is 0 Å². The molecule has 0 atom stereocenters. The Morgan fingerprint density at radius 1 is 1.18 bits per heavy atom. The summed E-state index contributed by atoms with van der Waals surface area (Å²) in [6, 6.07) is 10.3. The monoisotopic (exact) mass is 306 g/mol. The Morgan fingerprint density at radius 2 is 1.95 bits per heavy atom. The zero-order valence-electron chi connectivity index (χ0n) is 14.1. The van der Waals surface area contributed by atoms with Crippen LogP contribution in [0.4, 0.5) is 0 Å². The van der Waals surface area contributed by atoms with Crippen LogP contribution in [0.15, 0.2) is 35.3 Å². The lowest BCUT2D eigenvalue weighted by Gasteiger charge is -2.18. The largest absolute Gasteiger partial charge is 0.385 e. The predicted molar refractivity (Wildman–Crippen MR) is 93.3 cm³/mol. The summed E-state index contributed by atoms with van der Waals surface area (Å²) in [5, 5.41) is 6.66. The Kier molecular flexibility index (Phi) is 10.1. The molecule has 0 aliphatic rings. The molecule has 0 aromatic heterocycles. The Balaban J connectivity index is 2.31. The summed E-state index contributed by atoms with van der Waals surface area (Å²) < 4.78 is 5.07. The zero-order valence-corrected chi connectivity index (χ0v) is 14.1. The van der Waals surface area contributed by atoms with Crippen molar-refractivity contribution in [2.75, 3.05) is 46.9 Å². The summed E-state index contributed by atoms with van der Waals surface area (Å²) in [4.78, 5) is 6.91. The van der Waals surface area contributed by atoms with Gasteiger partial charge in [0.25, 0.3) is 0 Å². The average Bonchev–Trinajstić information content (AvgIpc) is 2.54. The molecule has 0 unspecified atom stereocenters. The Labute approximate surface area is 134 Å². The SMILES string of the molecule is CCNC(=NCc1ccccc1)NCCN(C)CCCOC. The van der Waals surface area contributed by atoms with Crippen LogP contribution in [0.1, 0.15) is 18.9 Å². The molecular formula is C17H30N4O. The lowest BCUT2D eigenvalue weighted by Crippen LogP contribution is -2.41. The first kappa shape index (κ1) is 18.5. The smallest absolute Gasteiger partial charge is 0.191 e. The summed E-state index contributed by atoms with van der Waals surface area (Å²) in [5.41, 5.74) is 1.22. The average molecular weight is 306 g/mol. The van der Waals surface area contributed by atoms with E-state index >= 15 is 0 Å². The fraction of sp³-hybridized carbons (Fsp3) is 0.588. The standard InChI is InChI=1S/C17H30N4O/c1-4-18-17(20-15-16-9-6-5-7-10-16)19-11-13-21(2)12-8-14-22-3/h5-7,9-10H,4,8,11-15H2,1-3H3,(H2,18,19,20). The maximum atomic E-state index is 5.07. The molecule has 5 nitrogen and oxygen atoms in total. The van der Waals surface area contributed by atoms with Gasteiger partial charge in [0.2, 0.25) is 0 Å². The van der Waals surface area contributed by atoms with E-state index in [0.29, 0.717) is 6.54 Å². The Hall–Kier alpha value is -1.59. The molecule has 1 rings (SSSR count). The molecule has 5 heteroatoms. The molecule has 1 aromatic carbocycles. The van der Waals surface area contributed by atoms with E-state index in [4.69, 9.17) is 4.74 Å². The molecule has 2 N–H and O–H groups in total. The number of nitrogens with zero attached hydrogens (tertiary/aromatic N) is 2. The van der Waals surface area contributed by atoms with Crippen molar-refractivity contribution >= 4 is 5.96 Å². The predicted octanol–water partition coefficient (Wildman–Crippen LogP) is 1.71. The molecule has 0 saturated heterocycles. The number of benzene rings is 1. The van der Waals surface area contributed by atoms with E-state index in [0.717, 1.165) is 45.2 Å². The summed E-state index contributed by atoms with van der Waals surface area (Å²) >= 11 is 0. The van der Waals surface area contributed by atoms with Gasteiger partial charge in [-0.2, -0.15) is 0 Å². The minimum Gasteiger partial charge on any atom is -0.385 e. The first-order chi connectivity index (χ1) is 10.8. The van der Waals surface area contributed by atoms with Crippen molar-refractivity contribution in [3.63, 3.8) is 0 Å². The van der Waals surface area contributed by atoms with Gasteiger partial charge >= 0.3 is 0 Å². The number of likely N-dealkylation sites (N-methyl/N-ethyl adjacent to an activating group) is 1. The van der Waals surface area contributed by atoms with Gasteiger partial charge < -0.3 is 20.3 Å². The van der Waals surface area contributed by atoms with Crippen molar-refractivity contribution in [1.29, 1.82) is 0 Å². The summed E-state index contributed by atoms with van der Waals surface area (Å²) in [6.07, 6.45) is 1.06. The number of methoxy groups -OCH3 is 1. The van der Waals surface area contributed by atoms with E-state index in [1.165, 1.54) is 5.56 Å². The van der Waals surface area contributed by atoms with Gasteiger partial charge in [-0.1, -0.05) is 30.3 Å². The van der Waals surface area contributed by atoms with E-state index in [1.807, 2.05) is 18.2 Å². The number of hydrogen-bond donors (Lipinski definition) is 2. The van der Waals surface area contributed by atoms with Crippen LogP contribution in [0.3, 0.4) is 0 Å². The van der Waals surface area contributed by atoms with Crippen molar-refractivity contribution in [3.8, 4) is 0 Å². The number of rotatable bonds is 10. The third-order valence-electron chi connectivity index (χ3n) is 3.28. The van der Waals surface area contributed by atoms with Gasteiger partial charge in [-0.25, -0.2) is 4.99 Å². The number of nitrogens with one attached hydrogen (secondary N) is 2. The van der Waals surface area contributed by atoms with Crippen LogP contribution in [0.25, 0.3) is 0 Å². The fourth-order valence-corrected chi connectivity index (χ4v) is 2.05. The van der Waals surface area contributed by atoms with E-state index in [2.05, 4.69) is 46.6 Å². The molecule has 0 amide bonds. The fourth-order valence-electron chi connectivity index (χ4n) is 2.05. The van der Waals surface area contributed by atoms with Crippen molar-refractivity contribution in [2.24, 2.45) is 4.99 Å². The molecule has 0 aliphatic carbocycles. The van der Waals surface area contributed by atoms with Crippen molar-refractivity contribution in [1.82, 2.24) is 15.5 Å². The quantitative estimate of drug-likeness (QED) is 0.392. The lowest BCUT2D eigenvalue weighted by atomic mass is 10.2. The van der Waals surface area contributed by atoms with Gasteiger partial charge in [-0.15, -0.1) is 0 Å². The first-order valence-corrected chi connectivity index (χ1v) is 7.99. The third kappa shape index (κ3) is 8.64. The summed E-state index contributed by atoms with van der Waals surface area (Å²) in [6.45, 7) is 7.37. The molecule has 22 heavy (non-hydrogen) atoms. The second-order valence-electron chi connectivity index (χ2n) is 5.26. The van der Waals surface area contributed by atoms with Crippen LogP contribution in [-0.4, -0.2) is 57.8 Å². The molecule has 0 aliphatic heterocycles. The van der Waals surface area contributed by atoms with E-state index in [1.54, 1.807) is 7.11 Å². The van der Waals surface area contributed by atoms with Gasteiger partial charge in [-0.05, 0) is 26.0 Å². The first-order valence-electron chi connectivity index (χ1n) is 7.99. The number of guanidine groups is 1. The number of aliphatic imine (C=N–C) groups is 1. The van der Waals surface area contributed by atoms with E-state index < -0.39 is 0 Å². The highest BCUT2D eigenvalue weighted by Crippen LogP contribution is 1.99. The Morgan fingerprint density at radius 3 is 2.64 bits per heavy atom. The summed E-state index contributed by atoms with van der Waals surface area (Å²) in [5.74, 6) is 0.872. The highest BCUT2D eigenvalue weighted by molar-refractivity contribution is 5.79. The van der Waals surface area contributed by atoms with Crippen molar-refractivity contribution < 1.29 is 4.74 Å². The van der Waals surface area contributed by atoms with Crippen LogP contribution in [0.2, 0.25) is 0 Å². The third-order valence-corrected chi connectivity index (χ3v) is 3.28. The topological polar surface area (TPSA) is 48.9 Å². The van der Waals surface area contributed by atoms with Crippen LogP contribution in [0.5, 0.6) is 0 Å². The van der Waals surface area contributed by atoms with Crippen molar-refractivity contribution in [2.45, 2.75) is 19.9 Å². The molecular weight excluding hydrogens is 276 g/mol. The van der Waals surface area contributed by atoms with Gasteiger partial charge in [0.15, 0.2) is 5.96 Å². The van der Waals surface area contributed by atoms with Crippen LogP contribution in [-0.2, 0) is 11.3 Å². The highest BCUT2D eigenvalue weighted by Gasteiger charge is 2.00. The molecule has 0 fully saturated rings.